The molecule has 0 saturated carbocycles. The quantitative estimate of drug-likeness (QED) is 0.0763. The number of anilines is 3. The van der Waals surface area contributed by atoms with Gasteiger partial charge in [0, 0.05) is 41.2 Å². The molecule has 0 radical (unpaired) electrons. The number of amides is 4. The zero-order chi connectivity index (χ0) is 53.8. The minimum Gasteiger partial charge on any atom is -0.497 e. The van der Waals surface area contributed by atoms with E-state index in [1.165, 1.54) is 7.11 Å². The van der Waals surface area contributed by atoms with Gasteiger partial charge >= 0.3 is 18.0 Å². The van der Waals surface area contributed by atoms with Crippen molar-refractivity contribution < 1.29 is 52.8 Å². The summed E-state index contributed by atoms with van der Waals surface area (Å²) in [5.74, 6) is 2.11. The predicted molar refractivity (Wildman–Crippen MR) is 287 cm³/mol. The third kappa shape index (κ3) is 9.74. The number of carbonyl (C=O) groups is 5. The zero-order valence-corrected chi connectivity index (χ0v) is 43.1. The molecule has 16 nitrogen and oxygen atoms in total. The van der Waals surface area contributed by atoms with Gasteiger partial charge in [0.15, 0.2) is 0 Å². The molecule has 16 heteroatoms. The molecular weight excluding hydrogens is 979 g/mol. The molecule has 3 N–H and O–H groups in total. The molecule has 0 aromatic heterocycles. The number of imide groups is 1. The molecule has 0 unspecified atom stereocenters. The van der Waals surface area contributed by atoms with Crippen LogP contribution >= 0.6 is 0 Å². The molecule has 0 bridgehead atoms. The Kier molecular flexibility index (Phi) is 15.1. The highest BCUT2D eigenvalue weighted by Crippen LogP contribution is 2.66. The molecule has 10 rings (SSSR count). The molecule has 3 fully saturated rings. The van der Waals surface area contributed by atoms with Crippen LogP contribution in [0.25, 0.3) is 0 Å². The Morgan fingerprint density at radius 3 is 2.09 bits per heavy atom. The summed E-state index contributed by atoms with van der Waals surface area (Å²) in [6.45, 7) is 5.47. The smallest absolute Gasteiger partial charge is 0.329 e. The van der Waals surface area contributed by atoms with Gasteiger partial charge < -0.3 is 44.3 Å². The summed E-state index contributed by atoms with van der Waals surface area (Å²) >= 11 is 0. The summed E-state index contributed by atoms with van der Waals surface area (Å²) < 4.78 is 29.1. The minimum absolute atomic E-state index is 0.0883. The number of benzene rings is 6. The molecule has 394 valence electrons. The number of esters is 2. The van der Waals surface area contributed by atoms with E-state index in [1.807, 2.05) is 89.8 Å². The molecule has 0 aliphatic carbocycles. The van der Waals surface area contributed by atoms with E-state index in [-0.39, 0.29) is 30.2 Å². The largest absolute Gasteiger partial charge is 0.497 e. The number of aliphatic hydroxyl groups is 1. The lowest BCUT2D eigenvalue weighted by molar-refractivity contribution is -0.178. The maximum atomic E-state index is 17.0. The van der Waals surface area contributed by atoms with Crippen LogP contribution in [0.15, 0.2) is 152 Å². The second-order valence-electron chi connectivity index (χ2n) is 19.6. The van der Waals surface area contributed by atoms with Crippen LogP contribution < -0.4 is 29.9 Å². The first-order valence-corrected chi connectivity index (χ1v) is 25.7. The third-order valence-corrected chi connectivity index (χ3v) is 14.9. The van der Waals surface area contributed by atoms with E-state index in [9.17, 15) is 9.90 Å². The fourth-order valence-corrected chi connectivity index (χ4v) is 11.4. The Labute approximate surface area is 446 Å². The van der Waals surface area contributed by atoms with E-state index in [0.717, 1.165) is 10.6 Å². The number of cyclic esters (lactones) is 1. The fraction of sp³-hybridized carbons (Fsp3) is 0.295. The molecule has 77 heavy (non-hydrogen) atoms. The topological polar surface area (TPSA) is 186 Å². The van der Waals surface area contributed by atoms with Crippen LogP contribution in [-0.2, 0) is 38.8 Å². The fourth-order valence-electron chi connectivity index (χ4n) is 11.4. The zero-order valence-electron chi connectivity index (χ0n) is 43.1. The van der Waals surface area contributed by atoms with Crippen LogP contribution in [0, 0.1) is 23.7 Å². The van der Waals surface area contributed by atoms with Crippen molar-refractivity contribution in [3.63, 3.8) is 0 Å². The molecule has 7 atom stereocenters. The van der Waals surface area contributed by atoms with E-state index >= 15 is 19.2 Å². The molecule has 4 amide bonds. The molecule has 4 aliphatic rings. The standard InChI is InChI=1S/C61H59N5O11/c1-38(2)51(57(69)74-4)63-60(72)65-48-30-23-40(20-19-39-21-28-45(73-3)29-22-39)37-47(48)61(59(65)71)50(56(68)62-43-24-26-44(27-25-43)64-31-34-75-35-32-64)53-58(70)77-54(42-15-9-6-10-16-42)52(41-13-7-5-8-14-41)66(53)55(61)46-17-11-12-18-49(46)76-36-33-67/h5-18,21-30,37-38,50-55,67H,31-36H2,1-4H3,(H,62,68)(H,63,72)/t50-,51+,52-,53-,54+,55+,61-/m1/s1. The first-order valence-electron chi connectivity index (χ1n) is 25.7. The second kappa shape index (κ2) is 22.4. The summed E-state index contributed by atoms with van der Waals surface area (Å²) in [5.41, 5.74) is 2.18. The Balaban J connectivity index is 1.26. The molecule has 4 aliphatic heterocycles. The van der Waals surface area contributed by atoms with E-state index < -0.39 is 77.3 Å². The van der Waals surface area contributed by atoms with E-state index in [4.69, 9.17) is 23.7 Å². The SMILES string of the molecule is COC(=O)[C@@H](NC(=O)N1C(=O)[C@@]2(c3cc(C#Cc4ccc(OC)cc4)ccc31)[C@H](c1ccccc1OCCO)N1[C@H](c3ccccc3)[C@H](c3ccccc3)OC(=O)[C@H]1[C@@H]2C(=O)Nc1ccc(N2CCOCC2)cc1)C(C)C. The van der Waals surface area contributed by atoms with Gasteiger partial charge in [-0.1, -0.05) is 105 Å². The van der Waals surface area contributed by atoms with Crippen molar-refractivity contribution in [2.45, 2.75) is 49.5 Å². The lowest BCUT2D eigenvalue weighted by Gasteiger charge is -2.46. The average Bonchev–Trinajstić information content (AvgIpc) is 4.01. The van der Waals surface area contributed by atoms with Crippen LogP contribution in [0.3, 0.4) is 0 Å². The Bertz CT molecular complexity index is 3210. The van der Waals surface area contributed by atoms with Gasteiger partial charge in [0.1, 0.15) is 41.7 Å². The Morgan fingerprint density at radius 2 is 1.43 bits per heavy atom. The van der Waals surface area contributed by atoms with Crippen molar-refractivity contribution in [1.82, 2.24) is 10.2 Å². The molecule has 1 spiro atoms. The third-order valence-electron chi connectivity index (χ3n) is 14.9. The van der Waals surface area contributed by atoms with Gasteiger partial charge in [-0.2, -0.15) is 0 Å². The van der Waals surface area contributed by atoms with Crippen LogP contribution in [-0.4, -0.2) is 106 Å². The maximum absolute atomic E-state index is 17.0. The highest BCUT2D eigenvalue weighted by molar-refractivity contribution is 6.25. The van der Waals surface area contributed by atoms with Gasteiger partial charge in [0.05, 0.1) is 57.7 Å². The summed E-state index contributed by atoms with van der Waals surface area (Å²) in [5, 5.41) is 16.1. The van der Waals surface area contributed by atoms with Crippen LogP contribution in [0.2, 0.25) is 0 Å². The molecule has 6 aromatic rings. The first-order chi connectivity index (χ1) is 37.5. The number of carbonyl (C=O) groups excluding carboxylic acids is 5. The normalized spacial score (nSPS) is 22.0. The highest BCUT2D eigenvalue weighted by atomic mass is 16.6. The van der Waals surface area contributed by atoms with Crippen molar-refractivity contribution in [3.05, 3.63) is 185 Å². The summed E-state index contributed by atoms with van der Waals surface area (Å²) in [4.78, 5) is 82.6. The maximum Gasteiger partial charge on any atom is 0.329 e. The molecule has 4 heterocycles. The van der Waals surface area contributed by atoms with Gasteiger partial charge in [0.25, 0.3) is 0 Å². The first kappa shape index (κ1) is 52.0. The van der Waals surface area contributed by atoms with Gasteiger partial charge in [-0.25, -0.2) is 14.5 Å². The summed E-state index contributed by atoms with van der Waals surface area (Å²) in [7, 11) is 2.79. The number of hydrogen-bond donors (Lipinski definition) is 3. The Morgan fingerprint density at radius 1 is 0.779 bits per heavy atom. The molecular formula is C61H59N5O11. The number of rotatable bonds is 13. The van der Waals surface area contributed by atoms with Crippen molar-refractivity contribution >= 4 is 46.8 Å². The number of nitrogens with zero attached hydrogens (tertiary/aromatic N) is 3. The number of hydrogen-bond acceptors (Lipinski definition) is 13. The van der Waals surface area contributed by atoms with Gasteiger partial charge in [-0.05, 0) is 95.4 Å². The van der Waals surface area contributed by atoms with Crippen LogP contribution in [0.5, 0.6) is 11.5 Å². The second-order valence-corrected chi connectivity index (χ2v) is 19.6. The number of para-hydroxylation sites is 1. The van der Waals surface area contributed by atoms with E-state index in [1.54, 1.807) is 87.7 Å². The van der Waals surface area contributed by atoms with Gasteiger partial charge in [-0.15, -0.1) is 0 Å². The van der Waals surface area contributed by atoms with E-state index in [2.05, 4.69) is 27.4 Å². The number of aliphatic hydroxyl groups excluding tert-OH is 1. The number of fused-ring (bicyclic) bond motifs is 3. The lowest BCUT2D eigenvalue weighted by Crippen LogP contribution is -2.57. The summed E-state index contributed by atoms with van der Waals surface area (Å²) in [6.07, 6.45) is -0.995. The monoisotopic (exact) mass is 1040 g/mol. The molecule has 3 saturated heterocycles. The minimum atomic E-state index is -2.21. The number of ether oxygens (including phenoxy) is 5. The number of morpholine rings is 2. The van der Waals surface area contributed by atoms with Gasteiger partial charge in [-0.3, -0.25) is 19.3 Å². The van der Waals surface area contributed by atoms with Gasteiger partial charge in [0.2, 0.25) is 11.8 Å². The summed E-state index contributed by atoms with van der Waals surface area (Å²) in [6, 6.07) is 39.3. The Hall–Kier alpha value is -8.49. The van der Waals surface area contributed by atoms with Crippen molar-refractivity contribution in [2.24, 2.45) is 11.8 Å². The van der Waals surface area contributed by atoms with Crippen LogP contribution in [0.1, 0.15) is 65.4 Å². The van der Waals surface area contributed by atoms with Crippen molar-refractivity contribution in [2.75, 3.05) is 68.9 Å². The lowest BCUT2D eigenvalue weighted by atomic mass is 9.65. The number of urea groups is 1. The van der Waals surface area contributed by atoms with Crippen molar-refractivity contribution in [3.8, 4) is 23.3 Å². The van der Waals surface area contributed by atoms with E-state index in [0.29, 0.717) is 65.6 Å². The number of nitrogens with one attached hydrogen (secondary N) is 2. The van der Waals surface area contributed by atoms with Crippen LogP contribution in [0.4, 0.5) is 21.9 Å². The highest BCUT2D eigenvalue weighted by Gasteiger charge is 2.76. The van der Waals surface area contributed by atoms with Crippen molar-refractivity contribution in [1.29, 1.82) is 0 Å². The average molecular weight is 1040 g/mol. The number of methoxy groups -OCH3 is 2. The predicted octanol–water partition coefficient (Wildman–Crippen LogP) is 7.51. The molecule has 6 aromatic carbocycles.